The summed E-state index contributed by atoms with van der Waals surface area (Å²) in [6, 6.07) is 111. The van der Waals surface area contributed by atoms with Crippen molar-refractivity contribution < 1.29 is 0 Å². The minimum absolute atomic E-state index is 0.514. The van der Waals surface area contributed by atoms with Gasteiger partial charge < -0.3 is 4.57 Å². The van der Waals surface area contributed by atoms with E-state index in [2.05, 4.69) is 302 Å². The molecule has 0 N–H and O–H groups in total. The highest BCUT2D eigenvalue weighted by atomic mass is 15.0. The Kier molecular flexibility index (Phi) is 9.92. The topological polar surface area (TPSA) is 4.93 Å². The van der Waals surface area contributed by atoms with Gasteiger partial charge in [0.2, 0.25) is 0 Å². The zero-order valence-electron chi connectivity index (χ0n) is 42.7. The number of hydrogen-bond donors (Lipinski definition) is 0. The molecular formula is C77H49N. The van der Waals surface area contributed by atoms with Crippen molar-refractivity contribution in [3.63, 3.8) is 0 Å². The lowest BCUT2D eigenvalue weighted by atomic mass is 9.67. The highest BCUT2D eigenvalue weighted by Crippen LogP contribution is 2.57. The fraction of sp³-hybridized carbons (Fsp3) is 0.0130. The Morgan fingerprint density at radius 2 is 0.615 bits per heavy atom. The van der Waals surface area contributed by atoms with Gasteiger partial charge in [0.05, 0.1) is 16.4 Å². The van der Waals surface area contributed by atoms with Crippen LogP contribution >= 0.6 is 0 Å². The molecule has 0 aliphatic heterocycles. The van der Waals surface area contributed by atoms with Gasteiger partial charge in [-0.05, 0) is 170 Å². The summed E-state index contributed by atoms with van der Waals surface area (Å²) >= 11 is 0. The van der Waals surface area contributed by atoms with E-state index in [9.17, 15) is 0 Å². The summed E-state index contributed by atoms with van der Waals surface area (Å²) in [5.74, 6) is 0. The molecule has 0 saturated carbocycles. The molecule has 0 bridgehead atoms. The van der Waals surface area contributed by atoms with Crippen LogP contribution in [0.25, 0.3) is 126 Å². The molecule has 0 radical (unpaired) electrons. The molecule has 1 aliphatic rings. The quantitative estimate of drug-likeness (QED) is 0.140. The van der Waals surface area contributed by atoms with E-state index in [0.29, 0.717) is 0 Å². The van der Waals surface area contributed by atoms with Crippen LogP contribution in [0.4, 0.5) is 0 Å². The molecule has 0 fully saturated rings. The van der Waals surface area contributed by atoms with Gasteiger partial charge in [0, 0.05) is 16.5 Å². The largest absolute Gasteiger partial charge is 0.309 e. The van der Waals surface area contributed by atoms with Crippen LogP contribution in [-0.2, 0) is 5.41 Å². The average molecular weight is 988 g/mol. The van der Waals surface area contributed by atoms with Crippen molar-refractivity contribution in [1.29, 1.82) is 0 Å². The Balaban J connectivity index is 0.869. The fourth-order valence-corrected chi connectivity index (χ4v) is 13.5. The van der Waals surface area contributed by atoms with Gasteiger partial charge in [-0.1, -0.05) is 249 Å². The second kappa shape index (κ2) is 17.5. The number of fused-ring (bicyclic) bond motifs is 12. The highest BCUT2D eigenvalue weighted by molar-refractivity contribution is 6.16. The third kappa shape index (κ3) is 6.68. The van der Waals surface area contributed by atoms with Crippen LogP contribution < -0.4 is 0 Å². The van der Waals surface area contributed by atoms with Crippen molar-refractivity contribution in [2.75, 3.05) is 0 Å². The van der Waals surface area contributed by atoms with Gasteiger partial charge in [0.1, 0.15) is 0 Å². The maximum absolute atomic E-state index is 2.50. The van der Waals surface area contributed by atoms with E-state index in [0.717, 1.165) is 5.69 Å². The Morgan fingerprint density at radius 1 is 0.218 bits per heavy atom. The molecule has 1 aliphatic carbocycles. The first-order valence-electron chi connectivity index (χ1n) is 27.1. The first-order valence-corrected chi connectivity index (χ1v) is 27.1. The molecule has 16 rings (SSSR count). The normalized spacial score (nSPS) is 12.7. The Bertz CT molecular complexity index is 4610. The lowest BCUT2D eigenvalue weighted by molar-refractivity contribution is 0.767. The van der Waals surface area contributed by atoms with Gasteiger partial charge in [-0.3, -0.25) is 0 Å². The third-order valence-corrected chi connectivity index (χ3v) is 17.1. The first-order chi connectivity index (χ1) is 38.7. The van der Waals surface area contributed by atoms with E-state index in [-0.39, 0.29) is 0 Å². The molecule has 1 heteroatoms. The number of hydrogen-bond acceptors (Lipinski definition) is 0. The Labute approximate surface area is 453 Å². The zero-order chi connectivity index (χ0) is 51.3. The molecule has 1 nitrogen and oxygen atoms in total. The average Bonchev–Trinajstić information content (AvgIpc) is 4.24. The van der Waals surface area contributed by atoms with Gasteiger partial charge in [0.15, 0.2) is 0 Å². The van der Waals surface area contributed by atoms with E-state index in [1.807, 2.05) is 0 Å². The second-order valence-electron chi connectivity index (χ2n) is 21.1. The zero-order valence-corrected chi connectivity index (χ0v) is 42.7. The van der Waals surface area contributed by atoms with Gasteiger partial charge >= 0.3 is 0 Å². The van der Waals surface area contributed by atoms with Gasteiger partial charge in [0.25, 0.3) is 0 Å². The summed E-state index contributed by atoms with van der Waals surface area (Å²) in [6.45, 7) is 0. The Hall–Kier alpha value is -10.1. The van der Waals surface area contributed by atoms with Gasteiger partial charge in [-0.2, -0.15) is 0 Å². The summed E-state index contributed by atoms with van der Waals surface area (Å²) in [7, 11) is 0. The van der Waals surface area contributed by atoms with Crippen molar-refractivity contribution in [3.05, 3.63) is 320 Å². The van der Waals surface area contributed by atoms with E-state index in [1.165, 1.54) is 143 Å². The summed E-state index contributed by atoms with van der Waals surface area (Å²) in [4.78, 5) is 0. The van der Waals surface area contributed by atoms with E-state index >= 15 is 0 Å². The molecule has 0 atom stereocenters. The molecule has 15 aromatic rings. The minimum atomic E-state index is -0.514. The molecule has 78 heavy (non-hydrogen) atoms. The number of nitrogens with zero attached hydrogens (tertiary/aromatic N) is 1. The molecule has 1 aromatic heterocycles. The minimum Gasteiger partial charge on any atom is -0.309 e. The molecule has 14 aromatic carbocycles. The smallest absolute Gasteiger partial charge is 0.0714 e. The second-order valence-corrected chi connectivity index (χ2v) is 21.1. The van der Waals surface area contributed by atoms with Crippen LogP contribution in [0.15, 0.2) is 297 Å². The van der Waals surface area contributed by atoms with Crippen molar-refractivity contribution in [3.8, 4) is 61.3 Å². The summed E-state index contributed by atoms with van der Waals surface area (Å²) < 4.78 is 2.50. The molecular weight excluding hydrogens is 939 g/mol. The standard InChI is InChI=1S/C77H49N/c1-3-19-58(20-4-1)77(59-21-5-2-6-22-59)73-30-16-15-29-67(73)68-42-41-60(49-74(68)77)78-75-43-39-54(50-31-35-52(36-32-50)69-47-56-17-7-9-23-61(56)63-25-11-13-27-65(63)69)45-71(75)72-46-55(40-44-76(72)78)51-33-37-53(38-34-51)70-48-57-18-8-10-24-62(57)64-26-12-14-28-66(64)70/h1-49H. The SMILES string of the molecule is c1ccc(C2(c3ccccc3)c3ccccc3-c3ccc(-n4c5ccc(-c6ccc(-c7cc8ccccc8c8ccccc78)cc6)cc5c5cc(-c6ccc(-c7cc8ccccc8c8ccccc78)cc6)ccc54)cc32)cc1. The van der Waals surface area contributed by atoms with E-state index < -0.39 is 5.41 Å². The van der Waals surface area contributed by atoms with E-state index in [1.54, 1.807) is 0 Å². The fourth-order valence-electron chi connectivity index (χ4n) is 13.5. The van der Waals surface area contributed by atoms with Crippen LogP contribution in [0.5, 0.6) is 0 Å². The first kappa shape index (κ1) is 44.2. The third-order valence-electron chi connectivity index (χ3n) is 17.1. The van der Waals surface area contributed by atoms with Crippen LogP contribution in [-0.4, -0.2) is 4.57 Å². The van der Waals surface area contributed by atoms with Crippen molar-refractivity contribution >= 4 is 64.9 Å². The highest BCUT2D eigenvalue weighted by Gasteiger charge is 2.46. The van der Waals surface area contributed by atoms with Crippen molar-refractivity contribution in [1.82, 2.24) is 4.57 Å². The van der Waals surface area contributed by atoms with Crippen molar-refractivity contribution in [2.24, 2.45) is 0 Å². The molecule has 0 amide bonds. The predicted octanol–water partition coefficient (Wildman–Crippen LogP) is 20.4. The molecule has 0 spiro atoms. The van der Waals surface area contributed by atoms with E-state index in [4.69, 9.17) is 0 Å². The molecule has 362 valence electrons. The number of aromatic nitrogens is 1. The lowest BCUT2D eigenvalue weighted by Crippen LogP contribution is -2.28. The Morgan fingerprint density at radius 3 is 1.13 bits per heavy atom. The molecule has 0 unspecified atom stereocenters. The van der Waals surface area contributed by atoms with Gasteiger partial charge in [-0.15, -0.1) is 0 Å². The summed E-state index contributed by atoms with van der Waals surface area (Å²) in [6.07, 6.45) is 0. The van der Waals surface area contributed by atoms with Crippen LogP contribution in [0, 0.1) is 0 Å². The molecule has 1 heterocycles. The molecule has 0 saturated heterocycles. The van der Waals surface area contributed by atoms with Crippen LogP contribution in [0.2, 0.25) is 0 Å². The van der Waals surface area contributed by atoms with Gasteiger partial charge in [-0.25, -0.2) is 0 Å². The maximum Gasteiger partial charge on any atom is 0.0714 e. The number of benzene rings is 14. The van der Waals surface area contributed by atoms with Crippen molar-refractivity contribution in [2.45, 2.75) is 5.41 Å². The predicted molar refractivity (Wildman–Crippen MR) is 330 cm³/mol. The van der Waals surface area contributed by atoms with Crippen LogP contribution in [0.3, 0.4) is 0 Å². The summed E-state index contributed by atoms with van der Waals surface area (Å²) in [5, 5.41) is 12.6. The summed E-state index contributed by atoms with van der Waals surface area (Å²) in [5.41, 5.74) is 20.3. The number of rotatable bonds is 7. The maximum atomic E-state index is 2.50. The van der Waals surface area contributed by atoms with Crippen LogP contribution in [0.1, 0.15) is 22.3 Å². The lowest BCUT2D eigenvalue weighted by Gasteiger charge is -2.34. The monoisotopic (exact) mass is 987 g/mol.